The summed E-state index contributed by atoms with van der Waals surface area (Å²) in [7, 11) is 0. The molecule has 0 aromatic carbocycles. The Morgan fingerprint density at radius 3 is 2.31 bits per heavy atom. The fraction of sp³-hybridized carbons (Fsp3) is 0.700. The summed E-state index contributed by atoms with van der Waals surface area (Å²) < 4.78 is 5.21. The summed E-state index contributed by atoms with van der Waals surface area (Å²) in [6.07, 6.45) is 0.796. The first-order valence-corrected chi connectivity index (χ1v) is 4.48. The molecule has 0 aromatic rings. The summed E-state index contributed by atoms with van der Waals surface area (Å²) in [5, 5.41) is 0. The number of carbonyl (C=O) groups is 1. The molecule has 1 fully saturated rings. The van der Waals surface area contributed by atoms with E-state index >= 15 is 0 Å². The maximum Gasteiger partial charge on any atom is 0.310 e. The van der Waals surface area contributed by atoms with E-state index in [4.69, 9.17) is 10.5 Å². The summed E-state index contributed by atoms with van der Waals surface area (Å²) in [5.41, 5.74) is 5.68. The molecule has 74 valence electrons. The van der Waals surface area contributed by atoms with Crippen LogP contribution in [0.15, 0.2) is 12.3 Å². The second-order valence-corrected chi connectivity index (χ2v) is 4.56. The van der Waals surface area contributed by atoms with Gasteiger partial charge in [-0.3, -0.25) is 4.79 Å². The molecule has 0 spiro atoms. The van der Waals surface area contributed by atoms with E-state index in [9.17, 15) is 4.79 Å². The lowest BCUT2D eigenvalue weighted by Gasteiger charge is -2.19. The first-order chi connectivity index (χ1) is 5.81. The highest BCUT2D eigenvalue weighted by atomic mass is 16.6. The average Bonchev–Trinajstić information content (AvgIpc) is 2.58. The normalized spacial score (nSPS) is 26.7. The second kappa shape index (κ2) is 3.05. The number of esters is 1. The van der Waals surface area contributed by atoms with Crippen molar-refractivity contribution in [2.45, 2.75) is 32.8 Å². The molecule has 1 rings (SSSR count). The Bertz CT molecular complexity index is 240. The highest BCUT2D eigenvalue weighted by molar-refractivity contribution is 5.76. The number of hydrogen-bond acceptors (Lipinski definition) is 3. The molecule has 3 nitrogen and oxygen atoms in total. The van der Waals surface area contributed by atoms with Crippen molar-refractivity contribution in [2.24, 2.45) is 17.6 Å². The third kappa shape index (κ3) is 2.76. The smallest absolute Gasteiger partial charge is 0.310 e. The van der Waals surface area contributed by atoms with Crippen LogP contribution in [0.25, 0.3) is 0 Å². The molecule has 0 aliphatic heterocycles. The van der Waals surface area contributed by atoms with Gasteiger partial charge in [0.2, 0.25) is 0 Å². The Kier molecular flexibility index (Phi) is 2.37. The zero-order chi connectivity index (χ0) is 10.2. The minimum Gasteiger partial charge on any atom is -0.460 e. The van der Waals surface area contributed by atoms with Crippen LogP contribution < -0.4 is 5.73 Å². The molecule has 3 heteroatoms. The molecular formula is C10H17NO2. The lowest BCUT2D eigenvalue weighted by molar-refractivity contribution is -0.156. The van der Waals surface area contributed by atoms with Gasteiger partial charge in [0.1, 0.15) is 5.60 Å². The van der Waals surface area contributed by atoms with Gasteiger partial charge in [0.25, 0.3) is 0 Å². The van der Waals surface area contributed by atoms with Crippen molar-refractivity contribution in [2.75, 3.05) is 0 Å². The lowest BCUT2D eigenvalue weighted by Crippen LogP contribution is -2.25. The van der Waals surface area contributed by atoms with Gasteiger partial charge in [-0.25, -0.2) is 0 Å². The third-order valence-corrected chi connectivity index (χ3v) is 1.98. The van der Waals surface area contributed by atoms with Gasteiger partial charge in [-0.1, -0.05) is 6.58 Å². The number of rotatable bonds is 2. The van der Waals surface area contributed by atoms with Crippen molar-refractivity contribution in [3.05, 3.63) is 12.3 Å². The van der Waals surface area contributed by atoms with Crippen LogP contribution in [0.2, 0.25) is 0 Å². The van der Waals surface area contributed by atoms with E-state index in [0.29, 0.717) is 5.70 Å². The quantitative estimate of drug-likeness (QED) is 0.659. The summed E-state index contributed by atoms with van der Waals surface area (Å²) in [4.78, 5) is 11.4. The minimum absolute atomic E-state index is 0.0447. The Morgan fingerprint density at radius 1 is 1.46 bits per heavy atom. The summed E-state index contributed by atoms with van der Waals surface area (Å²) in [5.74, 6) is -0.0457. The van der Waals surface area contributed by atoms with Crippen LogP contribution in [0.3, 0.4) is 0 Å². The van der Waals surface area contributed by atoms with Gasteiger partial charge in [0, 0.05) is 11.6 Å². The number of nitrogens with two attached hydrogens (primary N) is 1. The third-order valence-electron chi connectivity index (χ3n) is 1.98. The second-order valence-electron chi connectivity index (χ2n) is 4.56. The molecule has 0 saturated heterocycles. The van der Waals surface area contributed by atoms with E-state index in [0.717, 1.165) is 6.42 Å². The number of hydrogen-bond donors (Lipinski definition) is 1. The maximum absolute atomic E-state index is 11.4. The minimum atomic E-state index is -0.403. The van der Waals surface area contributed by atoms with Gasteiger partial charge in [0.15, 0.2) is 0 Å². The first kappa shape index (κ1) is 10.1. The van der Waals surface area contributed by atoms with Crippen LogP contribution in [0.4, 0.5) is 0 Å². The summed E-state index contributed by atoms with van der Waals surface area (Å²) in [6, 6.07) is 0. The Hall–Kier alpha value is -0.990. The standard InChI is InChI=1S/C10H17NO2/c1-6(11)7-5-8(7)9(12)13-10(2,3)4/h7-8H,1,5,11H2,2-4H3. The van der Waals surface area contributed by atoms with Gasteiger partial charge in [0.05, 0.1) is 5.92 Å². The molecule has 1 aliphatic carbocycles. The SMILES string of the molecule is C=C(N)C1CC1C(=O)OC(C)(C)C. The molecule has 2 atom stereocenters. The largest absolute Gasteiger partial charge is 0.460 e. The highest BCUT2D eigenvalue weighted by Crippen LogP contribution is 2.43. The number of allylic oxidation sites excluding steroid dienone is 1. The van der Waals surface area contributed by atoms with Crippen LogP contribution in [0, 0.1) is 11.8 Å². The number of carbonyl (C=O) groups excluding carboxylic acids is 1. The lowest BCUT2D eigenvalue weighted by atomic mass is 10.2. The fourth-order valence-corrected chi connectivity index (χ4v) is 1.24. The van der Waals surface area contributed by atoms with Crippen molar-refractivity contribution in [3.8, 4) is 0 Å². The predicted molar refractivity (Wildman–Crippen MR) is 50.8 cm³/mol. The molecule has 1 saturated carbocycles. The van der Waals surface area contributed by atoms with E-state index in [1.165, 1.54) is 0 Å². The van der Waals surface area contributed by atoms with Crippen molar-refractivity contribution in [1.29, 1.82) is 0 Å². The van der Waals surface area contributed by atoms with Crippen LogP contribution in [0.1, 0.15) is 27.2 Å². The van der Waals surface area contributed by atoms with E-state index in [1.807, 2.05) is 20.8 Å². The van der Waals surface area contributed by atoms with E-state index in [-0.39, 0.29) is 17.8 Å². The van der Waals surface area contributed by atoms with Crippen molar-refractivity contribution in [1.82, 2.24) is 0 Å². The van der Waals surface area contributed by atoms with Crippen LogP contribution in [0.5, 0.6) is 0 Å². The molecule has 1 aliphatic rings. The van der Waals surface area contributed by atoms with E-state index in [2.05, 4.69) is 6.58 Å². The summed E-state index contributed by atoms with van der Waals surface area (Å²) in [6.45, 7) is 9.20. The summed E-state index contributed by atoms with van der Waals surface area (Å²) >= 11 is 0. The molecule has 2 N–H and O–H groups in total. The first-order valence-electron chi connectivity index (χ1n) is 4.48. The number of ether oxygens (including phenoxy) is 1. The maximum atomic E-state index is 11.4. The monoisotopic (exact) mass is 183 g/mol. The van der Waals surface area contributed by atoms with Crippen LogP contribution in [-0.2, 0) is 9.53 Å². The van der Waals surface area contributed by atoms with E-state index < -0.39 is 5.60 Å². The van der Waals surface area contributed by atoms with Crippen LogP contribution >= 0.6 is 0 Å². The van der Waals surface area contributed by atoms with E-state index in [1.54, 1.807) is 0 Å². The molecule has 0 amide bonds. The molecule has 13 heavy (non-hydrogen) atoms. The zero-order valence-electron chi connectivity index (χ0n) is 8.46. The van der Waals surface area contributed by atoms with Crippen molar-refractivity contribution < 1.29 is 9.53 Å². The topological polar surface area (TPSA) is 52.3 Å². The van der Waals surface area contributed by atoms with Crippen molar-refractivity contribution in [3.63, 3.8) is 0 Å². The Morgan fingerprint density at radius 2 is 2.00 bits per heavy atom. The van der Waals surface area contributed by atoms with Crippen LogP contribution in [-0.4, -0.2) is 11.6 Å². The molecule has 0 heterocycles. The fourth-order valence-electron chi connectivity index (χ4n) is 1.24. The average molecular weight is 183 g/mol. The van der Waals surface area contributed by atoms with Gasteiger partial charge in [-0.2, -0.15) is 0 Å². The predicted octanol–water partition coefficient (Wildman–Crippen LogP) is 1.44. The van der Waals surface area contributed by atoms with Gasteiger partial charge >= 0.3 is 5.97 Å². The van der Waals surface area contributed by atoms with Gasteiger partial charge < -0.3 is 10.5 Å². The Balaban J connectivity index is 2.40. The molecule has 0 bridgehead atoms. The van der Waals surface area contributed by atoms with Gasteiger partial charge in [-0.15, -0.1) is 0 Å². The zero-order valence-corrected chi connectivity index (χ0v) is 8.46. The molecular weight excluding hydrogens is 166 g/mol. The van der Waals surface area contributed by atoms with Crippen molar-refractivity contribution >= 4 is 5.97 Å². The highest BCUT2D eigenvalue weighted by Gasteiger charge is 2.46. The molecule has 0 radical (unpaired) electrons. The van der Waals surface area contributed by atoms with Gasteiger partial charge in [-0.05, 0) is 27.2 Å². The molecule has 2 unspecified atom stereocenters. The Labute approximate surface area is 78.9 Å². The molecule has 0 aromatic heterocycles.